The third kappa shape index (κ3) is 3.85. The van der Waals surface area contributed by atoms with Crippen LogP contribution in [0.1, 0.15) is 54.6 Å². The second kappa shape index (κ2) is 7.87. The van der Waals surface area contributed by atoms with Crippen LogP contribution in [0.5, 0.6) is 5.75 Å². The van der Waals surface area contributed by atoms with E-state index in [1.807, 2.05) is 48.5 Å². The van der Waals surface area contributed by atoms with Gasteiger partial charge in [-0.2, -0.15) is 0 Å². The molecule has 0 bridgehead atoms. The lowest BCUT2D eigenvalue weighted by Gasteiger charge is -2.10. The molecule has 4 heteroatoms. The number of hydrogen-bond acceptors (Lipinski definition) is 4. The number of fused-ring (bicyclic) bond motifs is 1. The molecule has 1 saturated carbocycles. The van der Waals surface area contributed by atoms with Gasteiger partial charge in [0.2, 0.25) is 5.78 Å². The molecule has 0 amide bonds. The molecule has 140 valence electrons. The van der Waals surface area contributed by atoms with Gasteiger partial charge in [-0.15, -0.1) is 0 Å². The highest BCUT2D eigenvalue weighted by Gasteiger charge is 2.27. The highest BCUT2D eigenvalue weighted by molar-refractivity contribution is 6.07. The first-order valence-electron chi connectivity index (χ1n) is 9.75. The number of furan rings is 1. The molecule has 0 spiro atoms. The Kier molecular flexibility index (Phi) is 5.14. The predicted molar refractivity (Wildman–Crippen MR) is 107 cm³/mol. The largest absolute Gasteiger partial charge is 0.489 e. The van der Waals surface area contributed by atoms with Crippen molar-refractivity contribution in [3.63, 3.8) is 0 Å². The summed E-state index contributed by atoms with van der Waals surface area (Å²) in [5.74, 6) is 1.10. The third-order valence-corrected chi connectivity index (χ3v) is 5.40. The number of carbonyl (C=O) groups is 1. The van der Waals surface area contributed by atoms with Gasteiger partial charge in [0.1, 0.15) is 17.9 Å². The van der Waals surface area contributed by atoms with Gasteiger partial charge in [0, 0.05) is 17.4 Å². The van der Waals surface area contributed by atoms with Crippen LogP contribution in [0.2, 0.25) is 0 Å². The van der Waals surface area contributed by atoms with Crippen molar-refractivity contribution in [1.29, 1.82) is 0 Å². The number of ether oxygens (including phenoxy) is 1. The van der Waals surface area contributed by atoms with Crippen LogP contribution >= 0.6 is 0 Å². The standard InChI is InChI=1S/C23H25NO3/c24-21-19-13-12-18(26-15-16-8-4-3-5-9-16)14-20(19)27-23(21)22(25)17-10-6-1-2-7-11-17/h3-5,8-9,12-14,17H,1-2,6-7,10-11,15,24H2. The average Bonchev–Trinajstić information content (AvgIpc) is 2.88. The van der Waals surface area contributed by atoms with Crippen LogP contribution in [-0.2, 0) is 6.61 Å². The molecule has 3 aromatic rings. The summed E-state index contributed by atoms with van der Waals surface area (Å²) in [6.07, 6.45) is 6.49. The maximum absolute atomic E-state index is 12.9. The van der Waals surface area contributed by atoms with Gasteiger partial charge in [-0.1, -0.05) is 56.0 Å². The second-order valence-corrected chi connectivity index (χ2v) is 7.33. The maximum Gasteiger partial charge on any atom is 0.203 e. The molecule has 1 aromatic heterocycles. The highest BCUT2D eigenvalue weighted by Crippen LogP contribution is 2.35. The van der Waals surface area contributed by atoms with Crippen molar-refractivity contribution < 1.29 is 13.9 Å². The summed E-state index contributed by atoms with van der Waals surface area (Å²) in [5, 5.41) is 0.777. The van der Waals surface area contributed by atoms with Crippen molar-refractivity contribution in [2.75, 3.05) is 5.73 Å². The number of ketones is 1. The van der Waals surface area contributed by atoms with E-state index in [-0.39, 0.29) is 11.7 Å². The lowest BCUT2D eigenvalue weighted by Crippen LogP contribution is -2.14. The minimum Gasteiger partial charge on any atom is -0.489 e. The Morgan fingerprint density at radius 2 is 1.78 bits per heavy atom. The zero-order chi connectivity index (χ0) is 18.6. The Labute approximate surface area is 159 Å². The van der Waals surface area contributed by atoms with Gasteiger partial charge in [-0.25, -0.2) is 0 Å². The van der Waals surface area contributed by atoms with Gasteiger partial charge < -0.3 is 14.9 Å². The molecular formula is C23H25NO3. The summed E-state index contributed by atoms with van der Waals surface area (Å²) in [5.41, 5.74) is 8.40. The number of benzene rings is 2. The monoisotopic (exact) mass is 363 g/mol. The molecule has 0 aliphatic heterocycles. The molecule has 0 radical (unpaired) electrons. The summed E-state index contributed by atoms with van der Waals surface area (Å²) in [6.45, 7) is 0.483. The van der Waals surface area contributed by atoms with E-state index >= 15 is 0 Å². The third-order valence-electron chi connectivity index (χ3n) is 5.40. The molecule has 0 unspecified atom stereocenters. The first-order chi connectivity index (χ1) is 13.2. The Morgan fingerprint density at radius 3 is 2.52 bits per heavy atom. The molecule has 1 fully saturated rings. The normalized spacial score (nSPS) is 15.6. The Morgan fingerprint density at radius 1 is 1.04 bits per heavy atom. The zero-order valence-electron chi connectivity index (χ0n) is 15.4. The van der Waals surface area contributed by atoms with E-state index in [2.05, 4.69) is 0 Å². The van der Waals surface area contributed by atoms with Gasteiger partial charge >= 0.3 is 0 Å². The average molecular weight is 363 g/mol. The van der Waals surface area contributed by atoms with Crippen molar-refractivity contribution in [1.82, 2.24) is 0 Å². The molecule has 4 rings (SSSR count). The Balaban J connectivity index is 1.54. The zero-order valence-corrected chi connectivity index (χ0v) is 15.4. The van der Waals surface area contributed by atoms with E-state index in [0.717, 1.165) is 36.6 Å². The van der Waals surface area contributed by atoms with Crippen LogP contribution in [0.4, 0.5) is 5.69 Å². The van der Waals surface area contributed by atoms with Gasteiger partial charge in [0.25, 0.3) is 0 Å². The van der Waals surface area contributed by atoms with E-state index < -0.39 is 0 Å². The lowest BCUT2D eigenvalue weighted by atomic mass is 9.93. The number of anilines is 1. The van der Waals surface area contributed by atoms with E-state index in [1.165, 1.54) is 12.8 Å². The molecule has 2 aromatic carbocycles. The molecule has 27 heavy (non-hydrogen) atoms. The van der Waals surface area contributed by atoms with Crippen LogP contribution < -0.4 is 10.5 Å². The smallest absolute Gasteiger partial charge is 0.203 e. The number of rotatable bonds is 5. The molecule has 0 saturated heterocycles. The van der Waals surface area contributed by atoms with E-state index in [4.69, 9.17) is 14.9 Å². The van der Waals surface area contributed by atoms with Crippen LogP contribution in [0.15, 0.2) is 52.9 Å². The maximum atomic E-state index is 12.9. The fourth-order valence-corrected chi connectivity index (χ4v) is 3.84. The van der Waals surface area contributed by atoms with E-state index in [0.29, 0.717) is 29.4 Å². The number of Topliss-reactive ketones (excluding diaryl/α,β-unsaturated/α-hetero) is 1. The van der Waals surface area contributed by atoms with Gasteiger partial charge in [-0.3, -0.25) is 4.79 Å². The summed E-state index contributed by atoms with van der Waals surface area (Å²) in [7, 11) is 0. The first-order valence-corrected chi connectivity index (χ1v) is 9.75. The summed E-state index contributed by atoms with van der Waals surface area (Å²) < 4.78 is 11.7. The van der Waals surface area contributed by atoms with E-state index in [9.17, 15) is 4.79 Å². The van der Waals surface area contributed by atoms with Crippen molar-refractivity contribution >= 4 is 22.4 Å². The predicted octanol–water partition coefficient (Wildman–Crippen LogP) is 5.75. The van der Waals surface area contributed by atoms with Crippen LogP contribution in [-0.4, -0.2) is 5.78 Å². The molecule has 4 nitrogen and oxygen atoms in total. The summed E-state index contributed by atoms with van der Waals surface area (Å²) >= 11 is 0. The van der Waals surface area contributed by atoms with Crippen molar-refractivity contribution in [2.45, 2.75) is 45.1 Å². The topological polar surface area (TPSA) is 65.5 Å². The molecule has 1 aliphatic carbocycles. The number of nitrogens with two attached hydrogens (primary N) is 1. The Bertz CT molecular complexity index is 921. The lowest BCUT2D eigenvalue weighted by molar-refractivity contribution is 0.0882. The highest BCUT2D eigenvalue weighted by atomic mass is 16.5. The van der Waals surface area contributed by atoms with Crippen LogP contribution in [0.25, 0.3) is 11.0 Å². The van der Waals surface area contributed by atoms with Crippen LogP contribution in [0.3, 0.4) is 0 Å². The molecule has 2 N–H and O–H groups in total. The fourth-order valence-electron chi connectivity index (χ4n) is 3.84. The van der Waals surface area contributed by atoms with Crippen LogP contribution in [0, 0.1) is 5.92 Å². The SMILES string of the molecule is Nc1c(C(=O)C2CCCCCC2)oc2cc(OCc3ccccc3)ccc12. The Hall–Kier alpha value is -2.75. The van der Waals surface area contributed by atoms with Crippen molar-refractivity contribution in [2.24, 2.45) is 5.92 Å². The molecule has 1 aliphatic rings. The van der Waals surface area contributed by atoms with Gasteiger partial charge in [0.15, 0.2) is 5.76 Å². The number of carbonyl (C=O) groups excluding carboxylic acids is 1. The first kappa shape index (κ1) is 17.7. The van der Waals surface area contributed by atoms with E-state index in [1.54, 1.807) is 0 Å². The fraction of sp³-hybridized carbons (Fsp3) is 0.348. The second-order valence-electron chi connectivity index (χ2n) is 7.33. The minimum absolute atomic E-state index is 0.0316. The molecule has 1 heterocycles. The minimum atomic E-state index is 0.0316. The van der Waals surface area contributed by atoms with Crippen molar-refractivity contribution in [3.8, 4) is 5.75 Å². The summed E-state index contributed by atoms with van der Waals surface area (Å²) in [4.78, 5) is 12.9. The summed E-state index contributed by atoms with van der Waals surface area (Å²) in [6, 6.07) is 15.6. The van der Waals surface area contributed by atoms with Gasteiger partial charge in [-0.05, 0) is 30.5 Å². The molecular weight excluding hydrogens is 338 g/mol. The number of nitrogen functional groups attached to an aromatic ring is 1. The van der Waals surface area contributed by atoms with Gasteiger partial charge in [0.05, 0.1) is 5.69 Å². The molecule has 0 atom stereocenters. The number of hydrogen-bond donors (Lipinski definition) is 1. The van der Waals surface area contributed by atoms with Crippen molar-refractivity contribution in [3.05, 3.63) is 59.9 Å². The quantitative estimate of drug-likeness (QED) is 0.463.